The van der Waals surface area contributed by atoms with Gasteiger partial charge in [-0.15, -0.1) is 0 Å². The molecular formula is C14H24N4. The van der Waals surface area contributed by atoms with Crippen LogP contribution >= 0.6 is 0 Å². The van der Waals surface area contributed by atoms with Crippen molar-refractivity contribution in [3.05, 3.63) is 18.0 Å². The van der Waals surface area contributed by atoms with Gasteiger partial charge in [-0.3, -0.25) is 16.0 Å². The molecule has 2 fully saturated rings. The molecular weight excluding hydrogens is 224 g/mol. The Kier molecular flexibility index (Phi) is 3.39. The van der Waals surface area contributed by atoms with E-state index >= 15 is 0 Å². The van der Waals surface area contributed by atoms with Crippen molar-refractivity contribution < 1.29 is 0 Å². The predicted molar refractivity (Wildman–Crippen MR) is 71.6 cm³/mol. The molecule has 0 aromatic carbocycles. The van der Waals surface area contributed by atoms with E-state index in [2.05, 4.69) is 16.7 Å². The minimum absolute atomic E-state index is 0.487. The van der Waals surface area contributed by atoms with Gasteiger partial charge in [-0.25, -0.2) is 0 Å². The van der Waals surface area contributed by atoms with Crippen LogP contribution in [0.3, 0.4) is 0 Å². The summed E-state index contributed by atoms with van der Waals surface area (Å²) in [6, 6.07) is 0.487. The third-order valence-corrected chi connectivity index (χ3v) is 5.03. The highest BCUT2D eigenvalue weighted by Crippen LogP contribution is 2.49. The maximum Gasteiger partial charge on any atom is 0.0521 e. The van der Waals surface area contributed by atoms with E-state index in [-0.39, 0.29) is 0 Å². The van der Waals surface area contributed by atoms with Crippen molar-refractivity contribution in [3.63, 3.8) is 0 Å². The van der Waals surface area contributed by atoms with Crippen LogP contribution in [0.25, 0.3) is 0 Å². The fraction of sp³-hybridized carbons (Fsp3) is 0.786. The van der Waals surface area contributed by atoms with Gasteiger partial charge in [0.25, 0.3) is 0 Å². The Hall–Kier alpha value is -0.870. The summed E-state index contributed by atoms with van der Waals surface area (Å²) in [6.07, 6.45) is 12.0. The molecule has 3 rings (SSSR count). The van der Waals surface area contributed by atoms with Crippen LogP contribution in [-0.2, 0) is 13.5 Å². The summed E-state index contributed by atoms with van der Waals surface area (Å²) in [5.74, 6) is 8.52. The Bertz CT molecular complexity index is 400. The van der Waals surface area contributed by atoms with E-state index in [1.165, 1.54) is 31.2 Å². The Morgan fingerprint density at radius 2 is 2.39 bits per heavy atom. The second-order valence-corrected chi connectivity index (χ2v) is 6.17. The molecule has 18 heavy (non-hydrogen) atoms. The third kappa shape index (κ3) is 2.31. The summed E-state index contributed by atoms with van der Waals surface area (Å²) in [6.45, 7) is 0. The highest BCUT2D eigenvalue weighted by molar-refractivity contribution is 5.05. The second-order valence-electron chi connectivity index (χ2n) is 6.17. The van der Waals surface area contributed by atoms with E-state index in [4.69, 9.17) is 5.84 Å². The molecule has 2 aliphatic carbocycles. The fourth-order valence-electron chi connectivity index (χ4n) is 4.13. The topological polar surface area (TPSA) is 55.9 Å². The lowest BCUT2D eigenvalue weighted by Gasteiger charge is -2.30. The zero-order valence-corrected chi connectivity index (χ0v) is 11.2. The van der Waals surface area contributed by atoms with Gasteiger partial charge in [-0.05, 0) is 55.4 Å². The number of aryl methyl sites for hydroxylation is 2. The second kappa shape index (κ2) is 5.02. The Morgan fingerprint density at radius 1 is 1.50 bits per heavy atom. The van der Waals surface area contributed by atoms with Crippen LogP contribution in [-0.4, -0.2) is 15.8 Å². The first-order valence-electron chi connectivity index (χ1n) is 7.20. The highest BCUT2D eigenvalue weighted by atomic mass is 15.2. The molecule has 1 aromatic heterocycles. The van der Waals surface area contributed by atoms with Crippen LogP contribution in [0.4, 0.5) is 0 Å². The van der Waals surface area contributed by atoms with Gasteiger partial charge in [0.2, 0.25) is 0 Å². The van der Waals surface area contributed by atoms with Gasteiger partial charge < -0.3 is 0 Å². The number of fused-ring (bicyclic) bond motifs is 2. The van der Waals surface area contributed by atoms with Crippen molar-refractivity contribution in [1.82, 2.24) is 15.2 Å². The van der Waals surface area contributed by atoms with Gasteiger partial charge in [0.15, 0.2) is 0 Å². The summed E-state index contributed by atoms with van der Waals surface area (Å²) in [5.41, 5.74) is 4.40. The maximum absolute atomic E-state index is 5.78. The number of aromatic nitrogens is 2. The number of nitrogens with two attached hydrogens (primary N) is 1. The molecule has 1 heterocycles. The van der Waals surface area contributed by atoms with Crippen molar-refractivity contribution in [2.75, 3.05) is 0 Å². The summed E-state index contributed by atoms with van der Waals surface area (Å²) in [5, 5.41) is 4.22. The van der Waals surface area contributed by atoms with Crippen LogP contribution in [0.5, 0.6) is 0 Å². The lowest BCUT2D eigenvalue weighted by atomic mass is 9.81. The molecule has 1 aromatic rings. The predicted octanol–water partition coefficient (Wildman–Crippen LogP) is 1.62. The Balaban J connectivity index is 1.56. The standard InChI is InChI=1S/C14H24N4/c1-18-9-11(8-16-18)3-5-14(17-15)13-7-10-2-4-12(13)6-10/h8-10,12-14,17H,2-7,15H2,1H3. The number of rotatable bonds is 5. The first-order valence-corrected chi connectivity index (χ1v) is 7.20. The first-order chi connectivity index (χ1) is 8.76. The van der Waals surface area contributed by atoms with Gasteiger partial charge >= 0.3 is 0 Å². The Labute approximate surface area is 109 Å². The van der Waals surface area contributed by atoms with Gasteiger partial charge in [0, 0.05) is 19.3 Å². The SMILES string of the molecule is Cn1cc(CCC(NN)C2CC3CCC2C3)cn1. The molecule has 2 aliphatic rings. The van der Waals surface area contributed by atoms with Crippen molar-refractivity contribution in [2.24, 2.45) is 30.6 Å². The molecule has 4 unspecified atom stereocenters. The minimum Gasteiger partial charge on any atom is -0.276 e. The molecule has 4 nitrogen and oxygen atoms in total. The third-order valence-electron chi connectivity index (χ3n) is 5.03. The average molecular weight is 248 g/mol. The van der Waals surface area contributed by atoms with Crippen molar-refractivity contribution in [1.29, 1.82) is 0 Å². The zero-order chi connectivity index (χ0) is 12.5. The summed E-state index contributed by atoms with van der Waals surface area (Å²) >= 11 is 0. The van der Waals surface area contributed by atoms with Crippen LogP contribution in [0.1, 0.15) is 37.7 Å². The highest BCUT2D eigenvalue weighted by Gasteiger charge is 2.42. The molecule has 0 amide bonds. The minimum atomic E-state index is 0.487. The Morgan fingerprint density at radius 3 is 2.94 bits per heavy atom. The summed E-state index contributed by atoms with van der Waals surface area (Å²) < 4.78 is 1.87. The van der Waals surface area contributed by atoms with Crippen LogP contribution in [0.2, 0.25) is 0 Å². The van der Waals surface area contributed by atoms with Crippen molar-refractivity contribution in [2.45, 2.75) is 44.6 Å². The quantitative estimate of drug-likeness (QED) is 0.615. The molecule has 4 heteroatoms. The number of hydrogen-bond donors (Lipinski definition) is 2. The maximum atomic E-state index is 5.78. The molecule has 2 bridgehead atoms. The van der Waals surface area contributed by atoms with E-state index in [0.717, 1.165) is 30.6 Å². The number of nitrogens with zero attached hydrogens (tertiary/aromatic N) is 2. The van der Waals surface area contributed by atoms with E-state index in [9.17, 15) is 0 Å². The molecule has 0 spiro atoms. The fourth-order valence-corrected chi connectivity index (χ4v) is 4.13. The van der Waals surface area contributed by atoms with Gasteiger partial charge in [-0.1, -0.05) is 6.42 Å². The van der Waals surface area contributed by atoms with Gasteiger partial charge in [-0.2, -0.15) is 5.10 Å². The van der Waals surface area contributed by atoms with Crippen LogP contribution < -0.4 is 11.3 Å². The van der Waals surface area contributed by atoms with E-state index in [1.807, 2.05) is 17.9 Å². The van der Waals surface area contributed by atoms with Gasteiger partial charge in [0.05, 0.1) is 6.20 Å². The smallest absolute Gasteiger partial charge is 0.0521 e. The first kappa shape index (κ1) is 12.2. The van der Waals surface area contributed by atoms with Crippen LogP contribution in [0.15, 0.2) is 12.4 Å². The molecule has 0 saturated heterocycles. The van der Waals surface area contributed by atoms with Crippen molar-refractivity contribution >= 4 is 0 Å². The molecule has 2 saturated carbocycles. The van der Waals surface area contributed by atoms with E-state index in [1.54, 1.807) is 0 Å². The van der Waals surface area contributed by atoms with Crippen LogP contribution in [0, 0.1) is 17.8 Å². The molecule has 4 atom stereocenters. The van der Waals surface area contributed by atoms with Gasteiger partial charge in [0.1, 0.15) is 0 Å². The lowest BCUT2D eigenvalue weighted by molar-refractivity contribution is 0.240. The summed E-state index contributed by atoms with van der Waals surface area (Å²) in [7, 11) is 1.97. The average Bonchev–Trinajstić information content (AvgIpc) is 3.06. The molecule has 0 aliphatic heterocycles. The normalized spacial score (nSPS) is 32.0. The van der Waals surface area contributed by atoms with E-state index in [0.29, 0.717) is 6.04 Å². The van der Waals surface area contributed by atoms with E-state index < -0.39 is 0 Å². The number of hydrazine groups is 1. The lowest BCUT2D eigenvalue weighted by Crippen LogP contribution is -2.43. The number of hydrogen-bond acceptors (Lipinski definition) is 3. The largest absolute Gasteiger partial charge is 0.276 e. The molecule has 3 N–H and O–H groups in total. The summed E-state index contributed by atoms with van der Waals surface area (Å²) in [4.78, 5) is 0. The molecule has 100 valence electrons. The molecule has 0 radical (unpaired) electrons. The van der Waals surface area contributed by atoms with Crippen molar-refractivity contribution in [3.8, 4) is 0 Å². The zero-order valence-electron chi connectivity index (χ0n) is 11.2. The monoisotopic (exact) mass is 248 g/mol. The number of nitrogens with one attached hydrogen (secondary N) is 1.